The standard InChI is InChI=1S/C25H25Cl2FN6O4/c1-13-8-14(2-3-34(13)23-19(27)9-15(28)11-30-23)21(35)17-12-29-22-16(17)10-18(26)20(31-22)24(36)32-4-6-33(7-5-32)25(37)38/h9-14H,2-8H2,1H3,(H,29,31)(H,37,38)/t13-,14-/m1/s1. The fourth-order valence-electron chi connectivity index (χ4n) is 5.19. The number of aromatic amines is 1. The number of ketones is 1. The van der Waals surface area contributed by atoms with E-state index in [2.05, 4.69) is 15.0 Å². The van der Waals surface area contributed by atoms with Crippen LogP contribution in [-0.4, -0.2) is 86.4 Å². The average Bonchev–Trinajstić information content (AvgIpc) is 3.30. The molecular weight excluding hydrogens is 538 g/mol. The molecule has 13 heteroatoms. The first-order chi connectivity index (χ1) is 18.1. The van der Waals surface area contributed by atoms with Gasteiger partial charge in [-0.15, -0.1) is 0 Å². The highest BCUT2D eigenvalue weighted by Crippen LogP contribution is 2.34. The third-order valence-corrected chi connectivity index (χ3v) is 7.80. The molecular formula is C25H25Cl2FN6O4. The highest BCUT2D eigenvalue weighted by Gasteiger charge is 2.33. The number of piperidine rings is 1. The number of H-pyrrole nitrogens is 1. The van der Waals surface area contributed by atoms with Gasteiger partial charge in [0.15, 0.2) is 5.78 Å². The molecule has 2 fully saturated rings. The van der Waals surface area contributed by atoms with E-state index in [1.54, 1.807) is 12.3 Å². The Labute approximate surface area is 227 Å². The van der Waals surface area contributed by atoms with Crippen LogP contribution in [0, 0.1) is 11.7 Å². The lowest BCUT2D eigenvalue weighted by atomic mass is 9.85. The molecule has 2 saturated heterocycles. The minimum atomic E-state index is -1.02. The van der Waals surface area contributed by atoms with Crippen LogP contribution in [0.4, 0.5) is 15.0 Å². The predicted octanol–water partition coefficient (Wildman–Crippen LogP) is 4.33. The molecule has 5 heterocycles. The summed E-state index contributed by atoms with van der Waals surface area (Å²) in [5.74, 6) is -0.712. The number of Topliss-reactive ketones (excluding diaryl/α,β-unsaturated/α-hetero) is 1. The maximum Gasteiger partial charge on any atom is 0.407 e. The number of hydrogen-bond acceptors (Lipinski definition) is 6. The van der Waals surface area contributed by atoms with E-state index < -0.39 is 17.8 Å². The summed E-state index contributed by atoms with van der Waals surface area (Å²) < 4.78 is 13.4. The van der Waals surface area contributed by atoms with Gasteiger partial charge in [0.05, 0.1) is 16.2 Å². The van der Waals surface area contributed by atoms with Crippen molar-refractivity contribution in [2.45, 2.75) is 25.8 Å². The second-order valence-electron chi connectivity index (χ2n) is 9.57. The number of rotatable bonds is 4. The molecule has 38 heavy (non-hydrogen) atoms. The van der Waals surface area contributed by atoms with Crippen LogP contribution in [0.3, 0.4) is 0 Å². The van der Waals surface area contributed by atoms with E-state index in [4.69, 9.17) is 28.3 Å². The minimum absolute atomic E-state index is 0.0501. The quantitative estimate of drug-likeness (QED) is 0.453. The van der Waals surface area contributed by atoms with Gasteiger partial charge in [-0.2, -0.15) is 0 Å². The van der Waals surface area contributed by atoms with E-state index in [1.807, 2.05) is 11.8 Å². The molecule has 2 aliphatic rings. The van der Waals surface area contributed by atoms with Gasteiger partial charge in [0.2, 0.25) is 0 Å². The highest BCUT2D eigenvalue weighted by molar-refractivity contribution is 6.34. The van der Waals surface area contributed by atoms with Gasteiger partial charge in [-0.3, -0.25) is 9.59 Å². The normalized spacial score (nSPS) is 20.2. The van der Waals surface area contributed by atoms with E-state index in [0.29, 0.717) is 41.8 Å². The molecule has 3 aromatic rings. The van der Waals surface area contributed by atoms with Crippen molar-refractivity contribution in [1.29, 1.82) is 0 Å². The number of fused-ring (bicyclic) bond motifs is 1. The summed E-state index contributed by atoms with van der Waals surface area (Å²) in [7, 11) is 0. The average molecular weight is 563 g/mol. The van der Waals surface area contributed by atoms with Gasteiger partial charge in [0, 0.05) is 61.8 Å². The zero-order valence-corrected chi connectivity index (χ0v) is 22.0. The van der Waals surface area contributed by atoms with E-state index in [-0.39, 0.29) is 59.7 Å². The number of aromatic nitrogens is 3. The smallest absolute Gasteiger partial charge is 0.407 e. The molecule has 2 aliphatic heterocycles. The Morgan fingerprint density at radius 2 is 1.79 bits per heavy atom. The van der Waals surface area contributed by atoms with E-state index in [0.717, 1.165) is 6.20 Å². The van der Waals surface area contributed by atoms with Crippen LogP contribution in [0.15, 0.2) is 24.5 Å². The lowest BCUT2D eigenvalue weighted by Gasteiger charge is -2.38. The lowest BCUT2D eigenvalue weighted by molar-refractivity contribution is 0.0620. The van der Waals surface area contributed by atoms with Crippen molar-refractivity contribution in [3.63, 3.8) is 0 Å². The molecule has 10 nitrogen and oxygen atoms in total. The second kappa shape index (κ2) is 10.4. The van der Waals surface area contributed by atoms with Crippen molar-refractivity contribution in [2.75, 3.05) is 37.6 Å². The topological polar surface area (TPSA) is 123 Å². The lowest BCUT2D eigenvalue weighted by Crippen LogP contribution is -2.50. The number of anilines is 1. The number of carbonyl (C=O) groups is 3. The molecule has 5 rings (SSSR count). The second-order valence-corrected chi connectivity index (χ2v) is 10.4. The zero-order chi connectivity index (χ0) is 27.1. The van der Waals surface area contributed by atoms with Crippen LogP contribution in [0.25, 0.3) is 11.0 Å². The van der Waals surface area contributed by atoms with Crippen molar-refractivity contribution in [1.82, 2.24) is 24.8 Å². The number of hydrogen-bond donors (Lipinski definition) is 2. The van der Waals surface area contributed by atoms with Gasteiger partial charge in [-0.05, 0) is 31.9 Å². The number of carboxylic acid groups (broad SMARTS) is 1. The Bertz CT molecular complexity index is 1420. The SMILES string of the molecule is C[C@@H]1C[C@H](C(=O)c2c[nH]c3nc(C(=O)N4CCN(C(=O)O)CC4)c(Cl)cc23)CCN1c1ncc(F)cc1Cl. The van der Waals surface area contributed by atoms with Gasteiger partial charge in [0.1, 0.15) is 23.0 Å². The Morgan fingerprint density at radius 1 is 1.08 bits per heavy atom. The summed E-state index contributed by atoms with van der Waals surface area (Å²) in [5, 5.41) is 10.0. The monoisotopic (exact) mass is 562 g/mol. The summed E-state index contributed by atoms with van der Waals surface area (Å²) in [4.78, 5) is 54.0. The maximum atomic E-state index is 13.5. The third-order valence-electron chi connectivity index (χ3n) is 7.23. The Hall–Kier alpha value is -3.44. The number of halogens is 3. The Balaban J connectivity index is 1.31. The predicted molar refractivity (Wildman–Crippen MR) is 140 cm³/mol. The molecule has 3 aromatic heterocycles. The Morgan fingerprint density at radius 3 is 2.45 bits per heavy atom. The number of nitrogens with zero attached hydrogens (tertiary/aromatic N) is 5. The molecule has 2 atom stereocenters. The van der Waals surface area contributed by atoms with E-state index >= 15 is 0 Å². The van der Waals surface area contributed by atoms with Crippen molar-refractivity contribution in [3.8, 4) is 0 Å². The van der Waals surface area contributed by atoms with Crippen molar-refractivity contribution in [3.05, 3.63) is 51.6 Å². The molecule has 0 spiro atoms. The van der Waals surface area contributed by atoms with E-state index in [9.17, 15) is 18.8 Å². The number of nitrogens with one attached hydrogen (secondary N) is 1. The number of carbonyl (C=O) groups excluding carboxylic acids is 2. The molecule has 200 valence electrons. The van der Waals surface area contributed by atoms with Gasteiger partial charge in [-0.1, -0.05) is 23.2 Å². The molecule has 0 aliphatic carbocycles. The van der Waals surface area contributed by atoms with Gasteiger partial charge >= 0.3 is 6.09 Å². The van der Waals surface area contributed by atoms with Crippen LogP contribution in [-0.2, 0) is 0 Å². The van der Waals surface area contributed by atoms with Gasteiger partial charge in [-0.25, -0.2) is 19.2 Å². The van der Waals surface area contributed by atoms with Crippen LogP contribution in [0.1, 0.15) is 40.6 Å². The van der Waals surface area contributed by atoms with E-state index in [1.165, 1.54) is 15.9 Å². The largest absolute Gasteiger partial charge is 0.465 e. The minimum Gasteiger partial charge on any atom is -0.465 e. The first-order valence-electron chi connectivity index (χ1n) is 12.2. The first-order valence-corrected chi connectivity index (χ1v) is 13.0. The van der Waals surface area contributed by atoms with Gasteiger partial charge < -0.3 is 24.8 Å². The van der Waals surface area contributed by atoms with Gasteiger partial charge in [0.25, 0.3) is 5.91 Å². The summed E-state index contributed by atoms with van der Waals surface area (Å²) in [6.45, 7) is 3.41. The zero-order valence-electron chi connectivity index (χ0n) is 20.5. The van der Waals surface area contributed by atoms with Crippen molar-refractivity contribution in [2.24, 2.45) is 5.92 Å². The fraction of sp³-hybridized carbons (Fsp3) is 0.400. The summed E-state index contributed by atoms with van der Waals surface area (Å²) >= 11 is 12.7. The van der Waals surface area contributed by atoms with Crippen molar-refractivity contribution >= 4 is 57.8 Å². The van der Waals surface area contributed by atoms with Crippen LogP contribution < -0.4 is 4.90 Å². The van der Waals surface area contributed by atoms with Crippen LogP contribution in [0.5, 0.6) is 0 Å². The summed E-state index contributed by atoms with van der Waals surface area (Å²) in [6, 6.07) is 2.76. The Kier molecular flexibility index (Phi) is 7.15. The molecule has 2 amide bonds. The van der Waals surface area contributed by atoms with Crippen molar-refractivity contribution < 1.29 is 23.9 Å². The number of amides is 2. The molecule has 0 unspecified atom stereocenters. The maximum absolute atomic E-state index is 13.5. The van der Waals surface area contributed by atoms with Crippen LogP contribution in [0.2, 0.25) is 10.0 Å². The first kappa shape index (κ1) is 26.2. The molecule has 0 bridgehead atoms. The summed E-state index contributed by atoms with van der Waals surface area (Å²) in [6.07, 6.45) is 2.81. The highest BCUT2D eigenvalue weighted by atomic mass is 35.5. The molecule has 2 N–H and O–H groups in total. The molecule has 0 saturated carbocycles. The molecule has 0 radical (unpaired) electrons. The fourth-order valence-corrected chi connectivity index (χ4v) is 5.68. The van der Waals surface area contributed by atoms with Crippen LogP contribution >= 0.6 is 23.2 Å². The molecule has 0 aromatic carbocycles. The number of pyridine rings is 2. The third kappa shape index (κ3) is 4.88. The summed E-state index contributed by atoms with van der Waals surface area (Å²) in [5.41, 5.74) is 0.875. The number of piperazine rings is 1.